The lowest BCUT2D eigenvalue weighted by molar-refractivity contribution is -0.351. The number of terminal acetylenes is 1. The summed E-state index contributed by atoms with van der Waals surface area (Å²) >= 11 is 0. The first-order chi connectivity index (χ1) is 28.4. The van der Waals surface area contributed by atoms with Gasteiger partial charge < -0.3 is 34.7 Å². The number of carbonyl (C=O) groups excluding carboxylic acids is 1. The largest absolute Gasteiger partial charge is 0.501 e. The second-order valence-corrected chi connectivity index (χ2v) is 12.5. The van der Waals surface area contributed by atoms with Crippen LogP contribution in [-0.4, -0.2) is 93.0 Å². The van der Waals surface area contributed by atoms with Crippen LogP contribution in [0.2, 0.25) is 0 Å². The molecular formula is C47H85F6N3O5. The zero-order chi connectivity index (χ0) is 50.5. The average Bonchev–Trinajstić information content (AvgIpc) is 3.42. The zero-order valence-corrected chi connectivity index (χ0v) is 41.0. The Morgan fingerprint density at radius 3 is 1.66 bits per heavy atom. The molecule has 0 aromatic rings. The number of hydrogen-bond donors (Lipinski definition) is 3. The molecule has 0 aliphatic heterocycles. The maximum absolute atomic E-state index is 13.4. The van der Waals surface area contributed by atoms with Crippen molar-refractivity contribution in [3.8, 4) is 12.5 Å². The van der Waals surface area contributed by atoms with Crippen molar-refractivity contribution < 1.29 is 50.8 Å². The van der Waals surface area contributed by atoms with Gasteiger partial charge in [0.25, 0.3) is 5.60 Å². The van der Waals surface area contributed by atoms with E-state index in [1.807, 2.05) is 87.4 Å². The molecule has 0 spiro atoms. The molecule has 0 atom stereocenters. The van der Waals surface area contributed by atoms with Gasteiger partial charge in [-0.2, -0.15) is 26.3 Å². The monoisotopic (exact) mass is 886 g/mol. The normalized spacial score (nSPS) is 12.5. The Morgan fingerprint density at radius 2 is 1.39 bits per heavy atom. The first-order valence-electron chi connectivity index (χ1n) is 20.5. The third-order valence-electron chi connectivity index (χ3n) is 6.55. The number of carbonyl (C=O) groups is 1. The van der Waals surface area contributed by atoms with Crippen LogP contribution in [0.5, 0.6) is 0 Å². The van der Waals surface area contributed by atoms with Crippen LogP contribution < -0.4 is 5.32 Å². The Labute approximate surface area is 368 Å². The third kappa shape index (κ3) is 39.8. The molecule has 0 aromatic heterocycles. The molecule has 0 amide bonds. The molecule has 0 heterocycles. The molecule has 1 aliphatic carbocycles. The number of methoxy groups -OCH3 is 1. The number of aliphatic hydroxyl groups is 2. The van der Waals surface area contributed by atoms with Crippen LogP contribution in [0.1, 0.15) is 129 Å². The third-order valence-corrected chi connectivity index (χ3v) is 6.55. The van der Waals surface area contributed by atoms with Gasteiger partial charge in [0, 0.05) is 43.8 Å². The summed E-state index contributed by atoms with van der Waals surface area (Å²) in [5.74, 6) is 1.32. The van der Waals surface area contributed by atoms with Gasteiger partial charge >= 0.3 is 12.4 Å². The van der Waals surface area contributed by atoms with Crippen LogP contribution in [0.3, 0.4) is 0 Å². The fraction of sp³-hybridized carbons (Fsp3) is 0.617. The molecule has 1 aliphatic rings. The van der Waals surface area contributed by atoms with Crippen molar-refractivity contribution in [3.05, 3.63) is 84.1 Å². The van der Waals surface area contributed by atoms with Crippen LogP contribution in [0.25, 0.3) is 0 Å². The van der Waals surface area contributed by atoms with Gasteiger partial charge in [0.2, 0.25) is 0 Å². The topological polar surface area (TPSA) is 104 Å². The van der Waals surface area contributed by atoms with Gasteiger partial charge in [0.05, 0.1) is 12.9 Å². The lowest BCUT2D eigenvalue weighted by atomic mass is 9.89. The first kappa shape index (κ1) is 74.4. The molecule has 14 heteroatoms. The molecule has 0 saturated carbocycles. The van der Waals surface area contributed by atoms with Gasteiger partial charge in [-0.3, -0.25) is 4.99 Å². The smallest absolute Gasteiger partial charge is 0.430 e. The average molecular weight is 886 g/mol. The van der Waals surface area contributed by atoms with E-state index in [-0.39, 0.29) is 29.9 Å². The highest BCUT2D eigenvalue weighted by atomic mass is 19.4. The van der Waals surface area contributed by atoms with Crippen molar-refractivity contribution in [1.29, 1.82) is 0 Å². The van der Waals surface area contributed by atoms with Crippen molar-refractivity contribution in [3.63, 3.8) is 0 Å². The molecule has 0 aromatic carbocycles. The zero-order valence-electron chi connectivity index (χ0n) is 41.0. The molecule has 0 radical (unpaired) electrons. The molecule has 360 valence electrons. The summed E-state index contributed by atoms with van der Waals surface area (Å²) in [6, 6.07) is 0. The molecule has 8 nitrogen and oxygen atoms in total. The minimum atomic E-state index is -5.96. The Morgan fingerprint density at radius 1 is 0.967 bits per heavy atom. The van der Waals surface area contributed by atoms with Crippen LogP contribution >= 0.6 is 0 Å². The van der Waals surface area contributed by atoms with E-state index in [1.54, 1.807) is 33.2 Å². The van der Waals surface area contributed by atoms with E-state index in [9.17, 15) is 31.4 Å². The molecule has 61 heavy (non-hydrogen) atoms. The number of rotatable bonds is 13. The van der Waals surface area contributed by atoms with E-state index >= 15 is 0 Å². The van der Waals surface area contributed by atoms with Gasteiger partial charge in [-0.15, -0.1) is 0 Å². The van der Waals surface area contributed by atoms with E-state index in [0.717, 1.165) is 12.2 Å². The van der Waals surface area contributed by atoms with Gasteiger partial charge in [-0.1, -0.05) is 114 Å². The van der Waals surface area contributed by atoms with Crippen LogP contribution in [0.15, 0.2) is 89.1 Å². The summed E-state index contributed by atoms with van der Waals surface area (Å²) in [6.07, 6.45) is 5.90. The number of alkyl halides is 6. The van der Waals surface area contributed by atoms with Crippen molar-refractivity contribution in [2.24, 2.45) is 4.99 Å². The quantitative estimate of drug-likeness (QED) is 0.0556. The molecule has 0 saturated heterocycles. The van der Waals surface area contributed by atoms with Gasteiger partial charge in [0.15, 0.2) is 0 Å². The second kappa shape index (κ2) is 47.0. The molecule has 0 bridgehead atoms. The van der Waals surface area contributed by atoms with Gasteiger partial charge in [-0.25, -0.2) is 0 Å². The lowest BCUT2D eigenvalue weighted by Crippen LogP contribution is -2.57. The number of allylic oxidation sites excluding steroid dienone is 8. The number of aliphatic imine (C=N–C) groups is 1. The fourth-order valence-corrected chi connectivity index (χ4v) is 3.52. The van der Waals surface area contributed by atoms with Gasteiger partial charge in [-0.05, 0) is 90.2 Å². The van der Waals surface area contributed by atoms with Crippen molar-refractivity contribution >= 4 is 12.5 Å². The molecule has 0 unspecified atom stereocenters. The fourth-order valence-electron chi connectivity index (χ4n) is 3.52. The predicted molar refractivity (Wildman–Crippen MR) is 249 cm³/mol. The lowest BCUT2D eigenvalue weighted by Gasteiger charge is -2.33. The van der Waals surface area contributed by atoms with Crippen LogP contribution in [0, 0.1) is 12.5 Å². The summed E-state index contributed by atoms with van der Waals surface area (Å²) < 4.78 is 91.0. The Bertz CT molecular complexity index is 1260. The van der Waals surface area contributed by atoms with E-state index in [2.05, 4.69) is 64.5 Å². The summed E-state index contributed by atoms with van der Waals surface area (Å²) in [6.45, 7) is 36.3. The number of aliphatic hydroxyl groups excluding tert-OH is 1. The van der Waals surface area contributed by atoms with E-state index in [0.29, 0.717) is 42.8 Å². The number of nitrogens with one attached hydrogen (secondary N) is 1. The predicted octanol–water partition coefficient (Wildman–Crippen LogP) is 13.3. The van der Waals surface area contributed by atoms with Crippen molar-refractivity contribution in [2.45, 2.75) is 152 Å². The van der Waals surface area contributed by atoms with Crippen LogP contribution in [0.4, 0.5) is 26.3 Å². The SMILES string of the molecule is C#CO.C=C/C(=C\C(CCN(C)C)=NC)OC1=CCC=C(C(O)(C(F)(F)F)C(F)(F)F)C=C1CCC.C=C/C=C(\CC)OC.C=O.CC.CC.CC.CCC.CNC(C)(C)C. The standard InChI is InChI=1S/C23H30F6N2O2.C7H12O.C5H13N.C3H8.C2H2O.3C2H6.CH2O/c1-6-9-16-14-17(21(32,22(24,25)26)23(27,28)29)10-8-11-20(16)33-19(7-2)15-18(30-3)12-13-31(4)5;1-4-6-7(5-2)8-3;1-5(2,3)6-4;1-3-2;1-2-3;4*1-2/h7,10-11,14-15,32H,2,6,8-9,12-13H2,1,3-5H3;4,6H,1,5H2,2-3H3;6H,1-4H3;3H2,1-2H3;1,3H;3*1-2H3;1H2/b19-15+,30-18?;7-6+;;;;;;;. The van der Waals surface area contributed by atoms with Gasteiger partial charge in [0.1, 0.15) is 24.4 Å². The molecule has 0 fully saturated rings. The number of hydrogen-bond acceptors (Lipinski definition) is 8. The van der Waals surface area contributed by atoms with Crippen molar-refractivity contribution in [1.82, 2.24) is 10.2 Å². The summed E-state index contributed by atoms with van der Waals surface area (Å²) in [7, 11) is 9.02. The summed E-state index contributed by atoms with van der Waals surface area (Å²) in [5, 5.41) is 20.0. The Kier molecular flexibility index (Phi) is 57.3. The molecular weight excluding hydrogens is 801 g/mol. The number of ether oxygens (including phenoxy) is 2. The van der Waals surface area contributed by atoms with E-state index in [1.165, 1.54) is 24.7 Å². The Hall–Kier alpha value is -4.06. The minimum absolute atomic E-state index is 0.101. The highest BCUT2D eigenvalue weighted by molar-refractivity contribution is 5.95. The highest BCUT2D eigenvalue weighted by Gasteiger charge is 2.71. The first-order valence-corrected chi connectivity index (χ1v) is 20.5. The minimum Gasteiger partial charge on any atom is -0.501 e. The van der Waals surface area contributed by atoms with Crippen molar-refractivity contribution in [2.75, 3.05) is 41.8 Å². The van der Waals surface area contributed by atoms with E-state index < -0.39 is 23.5 Å². The summed E-state index contributed by atoms with van der Waals surface area (Å²) in [4.78, 5) is 14.1. The van der Waals surface area contributed by atoms with E-state index in [4.69, 9.17) is 19.4 Å². The number of nitrogens with zero attached hydrogens (tertiary/aromatic N) is 2. The van der Waals surface area contributed by atoms with Crippen LogP contribution in [-0.2, 0) is 14.3 Å². The maximum atomic E-state index is 13.4. The summed E-state index contributed by atoms with van der Waals surface area (Å²) in [5.41, 5.74) is -5.21. The maximum Gasteiger partial charge on any atom is 0.430 e. The number of halogens is 6. The molecule has 1 rings (SSSR count). The highest BCUT2D eigenvalue weighted by Crippen LogP contribution is 2.49. The Balaban J connectivity index is -0.000000136. The second-order valence-electron chi connectivity index (χ2n) is 12.5. The molecule has 3 N–H and O–H groups in total.